The highest BCUT2D eigenvalue weighted by molar-refractivity contribution is 7.80. The zero-order valence-electron chi connectivity index (χ0n) is 14.9. The average molecular weight is 407 g/mol. The van der Waals surface area contributed by atoms with Gasteiger partial charge in [0.15, 0.2) is 5.11 Å². The summed E-state index contributed by atoms with van der Waals surface area (Å²) in [5, 5.41) is 2.28. The molecule has 1 aliphatic rings. The molecule has 0 spiro atoms. The molecule has 1 atom stereocenters. The van der Waals surface area contributed by atoms with Gasteiger partial charge in [0.2, 0.25) is 11.8 Å². The van der Waals surface area contributed by atoms with Crippen molar-refractivity contribution in [3.8, 4) is 0 Å². The highest BCUT2D eigenvalue weighted by atomic mass is 32.1. The van der Waals surface area contributed by atoms with Crippen molar-refractivity contribution in [2.45, 2.75) is 12.1 Å². The van der Waals surface area contributed by atoms with Gasteiger partial charge in [-0.3, -0.25) is 14.5 Å². The zero-order chi connectivity index (χ0) is 20.6. The van der Waals surface area contributed by atoms with Crippen LogP contribution in [0.3, 0.4) is 0 Å². The summed E-state index contributed by atoms with van der Waals surface area (Å²) in [6.07, 6.45) is -4.49. The summed E-state index contributed by atoms with van der Waals surface area (Å²) >= 11 is 5.07. The Hall–Kier alpha value is -2.94. The lowest BCUT2D eigenvalue weighted by molar-refractivity contribution is -0.137. The van der Waals surface area contributed by atoms with Crippen molar-refractivity contribution in [3.63, 3.8) is 0 Å². The monoisotopic (exact) mass is 407 g/mol. The summed E-state index contributed by atoms with van der Waals surface area (Å²) in [6.45, 7) is 0. The molecular weight excluding hydrogens is 391 g/mol. The van der Waals surface area contributed by atoms with E-state index in [1.807, 2.05) is 19.0 Å². The van der Waals surface area contributed by atoms with Crippen molar-refractivity contribution in [3.05, 3.63) is 59.7 Å². The standard InChI is InChI=1S/C19H16F3N3O2S/c1-24(2)13-7-3-11(4-8-13)15-16(26)23-18(28)25(17(15)27)14-9-5-12(6-10-14)19(20,21)22/h3-10,15H,1-2H3,(H,23,26,28). The SMILES string of the molecule is CN(C)c1ccc(C2C(=O)NC(=S)N(c3ccc(C(F)(F)F)cc3)C2=O)cc1. The molecular formula is C19H16F3N3O2S. The predicted molar refractivity (Wildman–Crippen MR) is 103 cm³/mol. The lowest BCUT2D eigenvalue weighted by atomic mass is 9.94. The van der Waals surface area contributed by atoms with Gasteiger partial charge in [0.25, 0.3) is 0 Å². The molecule has 5 nitrogen and oxygen atoms in total. The van der Waals surface area contributed by atoms with Gasteiger partial charge in [0, 0.05) is 19.8 Å². The quantitative estimate of drug-likeness (QED) is 0.627. The molecule has 0 radical (unpaired) electrons. The van der Waals surface area contributed by atoms with Crippen LogP contribution in [-0.4, -0.2) is 31.0 Å². The third-order valence-corrected chi connectivity index (χ3v) is 4.64. The number of thiocarbonyl (C=S) groups is 1. The summed E-state index contributed by atoms with van der Waals surface area (Å²) in [6, 6.07) is 10.9. The third-order valence-electron chi connectivity index (χ3n) is 4.36. The predicted octanol–water partition coefficient (Wildman–Crippen LogP) is 3.30. The van der Waals surface area contributed by atoms with Gasteiger partial charge in [0.05, 0.1) is 11.3 Å². The lowest BCUT2D eigenvalue weighted by Gasteiger charge is -2.32. The Labute approximate surface area is 164 Å². The Kier molecular flexibility index (Phi) is 5.12. The summed E-state index contributed by atoms with van der Waals surface area (Å²) in [5.74, 6) is -2.34. The fourth-order valence-corrected chi connectivity index (χ4v) is 3.17. The fraction of sp³-hybridized carbons (Fsp3) is 0.211. The van der Waals surface area contributed by atoms with Gasteiger partial charge in [-0.1, -0.05) is 12.1 Å². The van der Waals surface area contributed by atoms with Crippen molar-refractivity contribution >= 4 is 40.5 Å². The maximum absolute atomic E-state index is 13.0. The Morgan fingerprint density at radius 2 is 1.57 bits per heavy atom. The first-order chi connectivity index (χ1) is 13.1. The van der Waals surface area contributed by atoms with Crippen LogP contribution in [0, 0.1) is 0 Å². The van der Waals surface area contributed by atoms with Gasteiger partial charge in [-0.2, -0.15) is 13.2 Å². The number of nitrogens with zero attached hydrogens (tertiary/aromatic N) is 2. The van der Waals surface area contributed by atoms with E-state index in [2.05, 4.69) is 5.32 Å². The molecule has 3 rings (SSSR count). The van der Waals surface area contributed by atoms with E-state index in [9.17, 15) is 22.8 Å². The number of alkyl halides is 3. The maximum atomic E-state index is 13.0. The van der Waals surface area contributed by atoms with Crippen LogP contribution >= 0.6 is 12.2 Å². The molecule has 1 saturated heterocycles. The molecule has 0 bridgehead atoms. The van der Waals surface area contributed by atoms with Crippen molar-refractivity contribution < 1.29 is 22.8 Å². The van der Waals surface area contributed by atoms with E-state index >= 15 is 0 Å². The highest BCUT2D eigenvalue weighted by Crippen LogP contribution is 2.32. The molecule has 0 saturated carbocycles. The number of nitrogens with one attached hydrogen (secondary N) is 1. The molecule has 1 N–H and O–H groups in total. The average Bonchev–Trinajstić information content (AvgIpc) is 2.61. The minimum Gasteiger partial charge on any atom is -0.378 e. The van der Waals surface area contributed by atoms with Gasteiger partial charge in [0.1, 0.15) is 5.92 Å². The molecule has 1 heterocycles. The summed E-state index contributed by atoms with van der Waals surface area (Å²) in [4.78, 5) is 28.3. The smallest absolute Gasteiger partial charge is 0.378 e. The van der Waals surface area contributed by atoms with E-state index in [1.54, 1.807) is 24.3 Å². The number of amides is 2. The maximum Gasteiger partial charge on any atom is 0.416 e. The first-order valence-corrected chi connectivity index (χ1v) is 8.64. The molecule has 146 valence electrons. The highest BCUT2D eigenvalue weighted by Gasteiger charge is 2.40. The van der Waals surface area contributed by atoms with Crippen LogP contribution < -0.4 is 15.1 Å². The number of halogens is 3. The fourth-order valence-electron chi connectivity index (χ4n) is 2.88. The van der Waals surface area contributed by atoms with Crippen LogP contribution in [0.5, 0.6) is 0 Å². The van der Waals surface area contributed by atoms with Crippen molar-refractivity contribution in [1.82, 2.24) is 5.32 Å². The largest absolute Gasteiger partial charge is 0.416 e. The van der Waals surface area contributed by atoms with Gasteiger partial charge in [-0.05, 0) is 54.2 Å². The van der Waals surface area contributed by atoms with Crippen LogP contribution in [-0.2, 0) is 15.8 Å². The number of carbonyl (C=O) groups excluding carboxylic acids is 2. The molecule has 2 aromatic rings. The molecule has 1 aliphatic heterocycles. The van der Waals surface area contributed by atoms with Crippen LogP contribution in [0.4, 0.5) is 24.5 Å². The molecule has 1 unspecified atom stereocenters. The molecule has 28 heavy (non-hydrogen) atoms. The Bertz CT molecular complexity index is 925. The first-order valence-electron chi connectivity index (χ1n) is 8.23. The first kappa shape index (κ1) is 19.8. The second kappa shape index (κ2) is 7.23. The lowest BCUT2D eigenvalue weighted by Crippen LogP contribution is -2.57. The second-order valence-electron chi connectivity index (χ2n) is 6.43. The number of rotatable bonds is 3. The topological polar surface area (TPSA) is 52.7 Å². The molecule has 2 amide bonds. The van der Waals surface area contributed by atoms with Crippen LogP contribution in [0.2, 0.25) is 0 Å². The van der Waals surface area contributed by atoms with E-state index < -0.39 is 29.5 Å². The Morgan fingerprint density at radius 3 is 2.07 bits per heavy atom. The van der Waals surface area contributed by atoms with Crippen molar-refractivity contribution in [2.75, 3.05) is 23.9 Å². The second-order valence-corrected chi connectivity index (χ2v) is 6.82. The van der Waals surface area contributed by atoms with Crippen molar-refractivity contribution in [1.29, 1.82) is 0 Å². The van der Waals surface area contributed by atoms with Gasteiger partial charge >= 0.3 is 6.18 Å². The zero-order valence-corrected chi connectivity index (χ0v) is 15.8. The number of hydrogen-bond acceptors (Lipinski definition) is 4. The van der Waals surface area contributed by atoms with Crippen molar-refractivity contribution in [2.24, 2.45) is 0 Å². The molecule has 2 aromatic carbocycles. The van der Waals surface area contributed by atoms with Crippen LogP contribution in [0.25, 0.3) is 0 Å². The minimum absolute atomic E-state index is 0.151. The Balaban J connectivity index is 1.94. The van der Waals surface area contributed by atoms with Crippen LogP contribution in [0.1, 0.15) is 17.0 Å². The van der Waals surface area contributed by atoms with E-state index in [-0.39, 0.29) is 10.8 Å². The van der Waals surface area contributed by atoms with Gasteiger partial charge < -0.3 is 10.2 Å². The molecule has 0 aromatic heterocycles. The molecule has 9 heteroatoms. The number of anilines is 2. The number of carbonyl (C=O) groups is 2. The van der Waals surface area contributed by atoms with E-state index in [4.69, 9.17) is 12.2 Å². The van der Waals surface area contributed by atoms with E-state index in [0.29, 0.717) is 5.56 Å². The van der Waals surface area contributed by atoms with Gasteiger partial charge in [-0.15, -0.1) is 0 Å². The molecule has 1 fully saturated rings. The summed E-state index contributed by atoms with van der Waals surface area (Å²) in [5.41, 5.74) is 0.666. The van der Waals surface area contributed by atoms with E-state index in [1.165, 1.54) is 0 Å². The summed E-state index contributed by atoms with van der Waals surface area (Å²) in [7, 11) is 3.72. The Morgan fingerprint density at radius 1 is 1.00 bits per heavy atom. The summed E-state index contributed by atoms with van der Waals surface area (Å²) < 4.78 is 38.3. The number of hydrogen-bond donors (Lipinski definition) is 1. The van der Waals surface area contributed by atoms with Gasteiger partial charge in [-0.25, -0.2) is 0 Å². The van der Waals surface area contributed by atoms with E-state index in [0.717, 1.165) is 34.9 Å². The normalized spacial score (nSPS) is 17.5. The third kappa shape index (κ3) is 3.70. The number of benzene rings is 2. The van der Waals surface area contributed by atoms with Crippen LogP contribution in [0.15, 0.2) is 48.5 Å². The molecule has 0 aliphatic carbocycles. The minimum atomic E-state index is -4.49.